The van der Waals surface area contributed by atoms with Crippen LogP contribution < -0.4 is 16.7 Å². The maximum Gasteiger partial charge on any atom is 0.329 e. The van der Waals surface area contributed by atoms with Crippen LogP contribution >= 0.6 is 0 Å². The van der Waals surface area contributed by atoms with Gasteiger partial charge in [-0.1, -0.05) is 134 Å². The lowest BCUT2D eigenvalue weighted by molar-refractivity contribution is 0.526. The fourth-order valence-corrected chi connectivity index (χ4v) is 5.25. The summed E-state index contributed by atoms with van der Waals surface area (Å²) in [5.74, 6) is 0.487. The van der Waals surface area contributed by atoms with Crippen LogP contribution in [0.5, 0.6) is 0 Å². The highest BCUT2D eigenvalue weighted by atomic mass is 16.2. The Hall–Kier alpha value is -3.16. The van der Waals surface area contributed by atoms with Gasteiger partial charge >= 0.3 is 5.69 Å². The van der Waals surface area contributed by atoms with Crippen LogP contribution in [0.4, 0.5) is 5.95 Å². The van der Waals surface area contributed by atoms with Gasteiger partial charge in [-0.3, -0.25) is 14.3 Å². The monoisotopic (exact) mass is 550 g/mol. The maximum absolute atomic E-state index is 12.8. The topological polar surface area (TPSA) is 97.1 Å². The van der Waals surface area contributed by atoms with Crippen LogP contribution in [-0.2, 0) is 13.6 Å². The number of imidazole rings is 1. The summed E-state index contributed by atoms with van der Waals surface area (Å²) in [4.78, 5) is 32.1. The number of hydrogen-bond donors (Lipinski definition) is 2. The third-order valence-corrected chi connectivity index (χ3v) is 7.63. The van der Waals surface area contributed by atoms with Crippen LogP contribution in [0.15, 0.2) is 45.0 Å². The number of nitrogens with zero attached hydrogens (tertiary/aromatic N) is 4. The molecule has 1 aromatic carbocycles. The van der Waals surface area contributed by atoms with Crippen LogP contribution in [0.2, 0.25) is 0 Å². The van der Waals surface area contributed by atoms with Crippen LogP contribution in [0.25, 0.3) is 11.2 Å². The molecule has 0 amide bonds. The van der Waals surface area contributed by atoms with Crippen LogP contribution in [0.1, 0.15) is 122 Å². The molecule has 40 heavy (non-hydrogen) atoms. The molecule has 2 heterocycles. The number of nitrogens with one attached hydrogen (secondary N) is 2. The van der Waals surface area contributed by atoms with Gasteiger partial charge in [0.25, 0.3) is 5.56 Å². The number of benzene rings is 1. The fraction of sp³-hybridized carbons (Fsp3) is 0.625. The first-order chi connectivity index (χ1) is 19.6. The smallest absolute Gasteiger partial charge is 0.303 e. The number of fused-ring (bicyclic) bond motifs is 1. The first-order valence-electron chi connectivity index (χ1n) is 15.6. The minimum Gasteiger partial charge on any atom is -0.303 e. The molecule has 8 nitrogen and oxygen atoms in total. The number of hydrazone groups is 1. The molecule has 8 heteroatoms. The molecule has 0 bridgehead atoms. The molecule has 2 aromatic heterocycles. The Morgan fingerprint density at radius 2 is 1.40 bits per heavy atom. The number of aromatic nitrogens is 4. The van der Waals surface area contributed by atoms with Crippen molar-refractivity contribution in [2.24, 2.45) is 12.1 Å². The van der Waals surface area contributed by atoms with Crippen molar-refractivity contribution in [3.8, 4) is 0 Å². The van der Waals surface area contributed by atoms with Crippen molar-refractivity contribution < 1.29 is 0 Å². The highest BCUT2D eigenvalue weighted by Gasteiger charge is 2.17. The lowest BCUT2D eigenvalue weighted by atomic mass is 10.0. The predicted octanol–water partition coefficient (Wildman–Crippen LogP) is 7.52. The van der Waals surface area contributed by atoms with Gasteiger partial charge in [-0.2, -0.15) is 10.1 Å². The Labute approximate surface area is 239 Å². The Morgan fingerprint density at radius 3 is 1.98 bits per heavy atom. The standard InChI is InChI=1S/C32H50N6O2/c1-4-6-7-8-9-10-11-12-13-14-15-16-17-21-25-38-28-29(37(3)32(40)34-30(28)39)33-31(38)36-35-27(22-5-2)26-23-19-18-20-24-26/h18-20,23-24H,4-17,21-22,25H2,1-3H3,(H,33,36)(H,34,39,40)/b35-27-. The summed E-state index contributed by atoms with van der Waals surface area (Å²) < 4.78 is 3.27. The Morgan fingerprint density at radius 1 is 0.825 bits per heavy atom. The number of hydrogen-bond acceptors (Lipinski definition) is 5. The van der Waals surface area contributed by atoms with Crippen molar-refractivity contribution in [3.05, 3.63) is 56.7 Å². The third kappa shape index (κ3) is 9.49. The van der Waals surface area contributed by atoms with E-state index in [0.717, 1.165) is 37.0 Å². The van der Waals surface area contributed by atoms with E-state index in [4.69, 9.17) is 5.10 Å². The average molecular weight is 551 g/mol. The summed E-state index contributed by atoms with van der Waals surface area (Å²) in [5.41, 5.74) is 5.01. The zero-order valence-corrected chi connectivity index (χ0v) is 25.0. The number of anilines is 1. The zero-order chi connectivity index (χ0) is 28.6. The molecule has 0 aliphatic heterocycles. The number of unbranched alkanes of at least 4 members (excludes halogenated alkanes) is 13. The van der Waals surface area contributed by atoms with Crippen molar-refractivity contribution in [3.63, 3.8) is 0 Å². The molecule has 0 unspecified atom stereocenters. The second kappa shape index (κ2) is 17.5. The molecule has 0 aliphatic rings. The molecule has 0 fully saturated rings. The lowest BCUT2D eigenvalue weighted by Crippen LogP contribution is -2.29. The Bertz CT molecular complexity index is 1290. The highest BCUT2D eigenvalue weighted by molar-refractivity contribution is 6.00. The van der Waals surface area contributed by atoms with Crippen molar-refractivity contribution in [2.45, 2.75) is 123 Å². The lowest BCUT2D eigenvalue weighted by Gasteiger charge is -2.10. The largest absolute Gasteiger partial charge is 0.329 e. The molecule has 220 valence electrons. The van der Waals surface area contributed by atoms with E-state index in [0.29, 0.717) is 23.7 Å². The molecule has 0 saturated heterocycles. The van der Waals surface area contributed by atoms with Gasteiger partial charge < -0.3 is 4.57 Å². The predicted molar refractivity (Wildman–Crippen MR) is 167 cm³/mol. The highest BCUT2D eigenvalue weighted by Crippen LogP contribution is 2.19. The van der Waals surface area contributed by atoms with Crippen molar-refractivity contribution >= 4 is 22.8 Å². The molecule has 3 aromatic rings. The molecular weight excluding hydrogens is 500 g/mol. The summed E-state index contributed by atoms with van der Waals surface area (Å²) in [6, 6.07) is 10.1. The van der Waals surface area contributed by atoms with Crippen LogP contribution in [0, 0.1) is 0 Å². The molecule has 3 rings (SSSR count). The summed E-state index contributed by atoms with van der Waals surface area (Å²) in [7, 11) is 1.63. The van der Waals surface area contributed by atoms with E-state index in [1.807, 2.05) is 34.9 Å². The van der Waals surface area contributed by atoms with Crippen LogP contribution in [-0.4, -0.2) is 24.8 Å². The van der Waals surface area contributed by atoms with Gasteiger partial charge in [-0.15, -0.1) is 0 Å². The van der Waals surface area contributed by atoms with Gasteiger partial charge in [0.2, 0.25) is 5.95 Å². The normalized spacial score (nSPS) is 11.9. The summed E-state index contributed by atoms with van der Waals surface area (Å²) in [6.07, 6.45) is 19.9. The second-order valence-corrected chi connectivity index (χ2v) is 11.0. The SMILES string of the molecule is CCCCCCCCCCCCCCCCn1c(N/N=C(/CCC)c2ccccc2)nc2c1c(=O)[nH]c(=O)n2C. The van der Waals surface area contributed by atoms with Gasteiger partial charge in [0, 0.05) is 13.6 Å². The molecule has 0 aliphatic carbocycles. The Kier molecular flexibility index (Phi) is 13.7. The van der Waals surface area contributed by atoms with Crippen LogP contribution in [0.3, 0.4) is 0 Å². The zero-order valence-electron chi connectivity index (χ0n) is 25.0. The fourth-order valence-electron chi connectivity index (χ4n) is 5.25. The molecule has 0 atom stereocenters. The summed E-state index contributed by atoms with van der Waals surface area (Å²) in [6.45, 7) is 5.03. The van der Waals surface area contributed by atoms with E-state index >= 15 is 0 Å². The molecule has 0 radical (unpaired) electrons. The van der Waals surface area contributed by atoms with E-state index in [9.17, 15) is 9.59 Å². The van der Waals surface area contributed by atoms with E-state index in [2.05, 4.69) is 29.2 Å². The Balaban J connectivity index is 1.56. The van der Waals surface area contributed by atoms with E-state index in [1.165, 1.54) is 81.6 Å². The third-order valence-electron chi connectivity index (χ3n) is 7.63. The van der Waals surface area contributed by atoms with E-state index < -0.39 is 11.2 Å². The minimum absolute atomic E-state index is 0.369. The number of rotatable bonds is 20. The number of aryl methyl sites for hydroxylation is 2. The van der Waals surface area contributed by atoms with Gasteiger partial charge in [0.1, 0.15) is 0 Å². The van der Waals surface area contributed by atoms with Gasteiger partial charge in [0.05, 0.1) is 5.71 Å². The molecule has 0 saturated carbocycles. The van der Waals surface area contributed by atoms with Gasteiger partial charge in [0.15, 0.2) is 11.2 Å². The van der Waals surface area contributed by atoms with E-state index in [-0.39, 0.29) is 0 Å². The molecule has 0 spiro atoms. The summed E-state index contributed by atoms with van der Waals surface area (Å²) in [5, 5.41) is 4.69. The number of H-pyrrole nitrogens is 1. The molecular formula is C32H50N6O2. The van der Waals surface area contributed by atoms with Gasteiger partial charge in [-0.05, 0) is 18.4 Å². The molecule has 2 N–H and O–H groups in total. The first-order valence-corrected chi connectivity index (χ1v) is 15.6. The van der Waals surface area contributed by atoms with E-state index in [1.54, 1.807) is 7.05 Å². The minimum atomic E-state index is -0.468. The quantitative estimate of drug-likeness (QED) is 0.0863. The second-order valence-electron chi connectivity index (χ2n) is 11.0. The number of aromatic amines is 1. The van der Waals surface area contributed by atoms with Crippen molar-refractivity contribution in [1.29, 1.82) is 0 Å². The van der Waals surface area contributed by atoms with Crippen molar-refractivity contribution in [1.82, 2.24) is 19.1 Å². The average Bonchev–Trinajstić information content (AvgIpc) is 3.33. The van der Waals surface area contributed by atoms with Gasteiger partial charge in [-0.25, -0.2) is 10.2 Å². The van der Waals surface area contributed by atoms with Crippen molar-refractivity contribution in [2.75, 3.05) is 5.43 Å². The first kappa shape index (κ1) is 31.4. The maximum atomic E-state index is 12.8. The summed E-state index contributed by atoms with van der Waals surface area (Å²) >= 11 is 0.